The van der Waals surface area contributed by atoms with Crippen LogP contribution in [0.2, 0.25) is 20.2 Å². The van der Waals surface area contributed by atoms with Crippen LogP contribution in [0.25, 0.3) is 11.3 Å². The largest absolute Gasteiger partial charge is 0.481 e. The number of carboxylic acids is 1. The number of rotatable bonds is 3. The molecule has 104 valence electrons. The number of aromatic nitrogens is 1. The van der Waals surface area contributed by atoms with Crippen LogP contribution in [0.1, 0.15) is 5.56 Å². The first-order valence-corrected chi connectivity index (χ1v) is 6.92. The van der Waals surface area contributed by atoms with E-state index in [1.807, 2.05) is 0 Å². The normalized spacial score (nSPS) is 10.6. The molecule has 0 radical (unpaired) electrons. The zero-order chi connectivity index (χ0) is 14.9. The van der Waals surface area contributed by atoms with Crippen LogP contribution < -0.4 is 0 Å². The summed E-state index contributed by atoms with van der Waals surface area (Å²) in [4.78, 5) is 15.0. The quantitative estimate of drug-likeness (QED) is 0.626. The van der Waals surface area contributed by atoms with E-state index in [-0.39, 0.29) is 21.6 Å². The molecule has 0 bridgehead atoms. The van der Waals surface area contributed by atoms with Gasteiger partial charge in [-0.05, 0) is 23.8 Å². The second-order valence-electron chi connectivity index (χ2n) is 3.96. The van der Waals surface area contributed by atoms with Gasteiger partial charge in [-0.25, -0.2) is 4.98 Å². The Kier molecular flexibility index (Phi) is 4.76. The number of nitrogens with zero attached hydrogens (tertiary/aromatic N) is 1. The fourth-order valence-corrected chi connectivity index (χ4v) is 2.57. The van der Waals surface area contributed by atoms with Crippen molar-refractivity contribution in [2.45, 2.75) is 6.42 Å². The number of carboxylic acid groups (broad SMARTS) is 1. The van der Waals surface area contributed by atoms with E-state index in [1.165, 1.54) is 12.1 Å². The third-order valence-electron chi connectivity index (χ3n) is 2.53. The van der Waals surface area contributed by atoms with E-state index in [4.69, 9.17) is 51.5 Å². The Hall–Kier alpha value is -1.000. The molecule has 2 rings (SSSR count). The van der Waals surface area contributed by atoms with E-state index < -0.39 is 5.97 Å². The number of carbonyl (C=O) groups is 1. The first kappa shape index (κ1) is 15.4. The van der Waals surface area contributed by atoms with Gasteiger partial charge in [-0.15, -0.1) is 0 Å². The second-order valence-corrected chi connectivity index (χ2v) is 5.57. The van der Waals surface area contributed by atoms with Crippen molar-refractivity contribution in [1.82, 2.24) is 4.98 Å². The molecule has 1 aromatic carbocycles. The molecule has 0 saturated heterocycles. The Bertz CT molecular complexity index is 688. The van der Waals surface area contributed by atoms with Crippen LogP contribution in [0.4, 0.5) is 0 Å². The van der Waals surface area contributed by atoms with Crippen LogP contribution >= 0.6 is 46.4 Å². The average molecular weight is 351 g/mol. The molecule has 0 spiro atoms. The molecule has 2 aromatic rings. The fourth-order valence-electron chi connectivity index (χ4n) is 1.73. The van der Waals surface area contributed by atoms with E-state index in [1.54, 1.807) is 12.1 Å². The molecule has 1 N–H and O–H groups in total. The molecule has 0 aliphatic carbocycles. The summed E-state index contributed by atoms with van der Waals surface area (Å²) >= 11 is 23.9. The van der Waals surface area contributed by atoms with Crippen molar-refractivity contribution in [3.63, 3.8) is 0 Å². The molecule has 0 amide bonds. The highest BCUT2D eigenvalue weighted by molar-refractivity contribution is 6.45. The van der Waals surface area contributed by atoms with Gasteiger partial charge in [0, 0.05) is 10.6 Å². The Morgan fingerprint density at radius 2 is 1.85 bits per heavy atom. The van der Waals surface area contributed by atoms with Gasteiger partial charge in [0.2, 0.25) is 0 Å². The maximum absolute atomic E-state index is 10.9. The van der Waals surface area contributed by atoms with E-state index in [0.717, 1.165) is 0 Å². The highest BCUT2D eigenvalue weighted by Gasteiger charge is 2.16. The van der Waals surface area contributed by atoms with Crippen molar-refractivity contribution in [1.29, 1.82) is 0 Å². The van der Waals surface area contributed by atoms with E-state index >= 15 is 0 Å². The zero-order valence-corrected chi connectivity index (χ0v) is 12.9. The van der Waals surface area contributed by atoms with Crippen LogP contribution in [-0.2, 0) is 11.2 Å². The van der Waals surface area contributed by atoms with E-state index in [2.05, 4.69) is 4.98 Å². The summed E-state index contributed by atoms with van der Waals surface area (Å²) in [5.74, 6) is -0.986. The maximum atomic E-state index is 10.9. The lowest BCUT2D eigenvalue weighted by Gasteiger charge is -2.11. The summed E-state index contributed by atoms with van der Waals surface area (Å²) in [6.45, 7) is 0. The monoisotopic (exact) mass is 349 g/mol. The highest BCUT2D eigenvalue weighted by atomic mass is 35.5. The van der Waals surface area contributed by atoms with Gasteiger partial charge in [-0.2, -0.15) is 0 Å². The van der Waals surface area contributed by atoms with Crippen LogP contribution in [0.5, 0.6) is 0 Å². The Morgan fingerprint density at radius 3 is 2.50 bits per heavy atom. The van der Waals surface area contributed by atoms with Crippen molar-refractivity contribution in [3.05, 3.63) is 50.0 Å². The number of aliphatic carboxylic acids is 1. The third kappa shape index (κ3) is 3.36. The molecule has 3 nitrogen and oxygen atoms in total. The molecule has 0 saturated carbocycles. The SMILES string of the molecule is O=C(O)Cc1ccc(Cl)nc1-c1cc(Cl)cc(Cl)c1Cl. The second kappa shape index (κ2) is 6.19. The van der Waals surface area contributed by atoms with Crippen LogP contribution in [0.3, 0.4) is 0 Å². The van der Waals surface area contributed by atoms with Gasteiger partial charge in [0.15, 0.2) is 0 Å². The number of hydrogen-bond donors (Lipinski definition) is 1. The summed E-state index contributed by atoms with van der Waals surface area (Å²) in [6, 6.07) is 6.17. The van der Waals surface area contributed by atoms with Gasteiger partial charge < -0.3 is 5.11 Å². The molecule has 7 heteroatoms. The molecule has 0 aliphatic rings. The molecular formula is C13H7Cl4NO2. The lowest BCUT2D eigenvalue weighted by molar-refractivity contribution is -0.136. The molecule has 1 heterocycles. The summed E-state index contributed by atoms with van der Waals surface area (Å²) in [5, 5.41) is 10.0. The van der Waals surface area contributed by atoms with Crippen LogP contribution in [0.15, 0.2) is 24.3 Å². The van der Waals surface area contributed by atoms with Crippen LogP contribution in [-0.4, -0.2) is 16.1 Å². The summed E-state index contributed by atoms with van der Waals surface area (Å²) in [5.41, 5.74) is 1.28. The molecule has 1 aromatic heterocycles. The van der Waals surface area contributed by atoms with Crippen molar-refractivity contribution in [3.8, 4) is 11.3 Å². The van der Waals surface area contributed by atoms with Gasteiger partial charge in [0.25, 0.3) is 0 Å². The molecule has 0 atom stereocenters. The molecule has 20 heavy (non-hydrogen) atoms. The Balaban J connectivity index is 2.68. The Labute approximate surface area is 135 Å². The summed E-state index contributed by atoms with van der Waals surface area (Å²) < 4.78 is 0. The van der Waals surface area contributed by atoms with Crippen molar-refractivity contribution >= 4 is 52.4 Å². The smallest absolute Gasteiger partial charge is 0.307 e. The lowest BCUT2D eigenvalue weighted by Crippen LogP contribution is -2.03. The fraction of sp³-hybridized carbons (Fsp3) is 0.0769. The maximum Gasteiger partial charge on any atom is 0.307 e. The van der Waals surface area contributed by atoms with E-state index in [0.29, 0.717) is 21.8 Å². The standard InChI is InChI=1S/C13H7Cl4NO2/c14-7-4-8(12(17)9(15)5-7)13-6(3-11(19)20)1-2-10(16)18-13/h1-2,4-5H,3H2,(H,19,20). The minimum Gasteiger partial charge on any atom is -0.481 e. The topological polar surface area (TPSA) is 50.2 Å². The predicted octanol–water partition coefficient (Wildman–Crippen LogP) is 4.99. The molecular weight excluding hydrogens is 344 g/mol. The molecule has 0 fully saturated rings. The van der Waals surface area contributed by atoms with Gasteiger partial charge in [0.05, 0.1) is 22.2 Å². The van der Waals surface area contributed by atoms with Gasteiger partial charge >= 0.3 is 5.97 Å². The minimum absolute atomic E-state index is 0.208. The molecule has 0 aliphatic heterocycles. The average Bonchev–Trinajstić information content (AvgIpc) is 2.35. The Morgan fingerprint density at radius 1 is 1.15 bits per heavy atom. The number of benzene rings is 1. The van der Waals surface area contributed by atoms with Gasteiger partial charge in [-0.3, -0.25) is 4.79 Å². The van der Waals surface area contributed by atoms with Gasteiger partial charge in [-0.1, -0.05) is 52.5 Å². The third-order valence-corrected chi connectivity index (χ3v) is 3.77. The zero-order valence-electron chi connectivity index (χ0n) is 9.83. The summed E-state index contributed by atoms with van der Waals surface area (Å²) in [6.07, 6.45) is -0.208. The number of pyridine rings is 1. The highest BCUT2D eigenvalue weighted by Crippen LogP contribution is 2.37. The minimum atomic E-state index is -0.986. The van der Waals surface area contributed by atoms with Crippen LogP contribution in [0, 0.1) is 0 Å². The number of halogens is 4. The van der Waals surface area contributed by atoms with Gasteiger partial charge in [0.1, 0.15) is 5.15 Å². The first-order chi connectivity index (χ1) is 9.38. The number of hydrogen-bond acceptors (Lipinski definition) is 2. The van der Waals surface area contributed by atoms with Crippen molar-refractivity contribution < 1.29 is 9.90 Å². The molecule has 0 unspecified atom stereocenters. The summed E-state index contributed by atoms with van der Waals surface area (Å²) in [7, 11) is 0. The first-order valence-electron chi connectivity index (χ1n) is 5.40. The van der Waals surface area contributed by atoms with Crippen molar-refractivity contribution in [2.24, 2.45) is 0 Å². The van der Waals surface area contributed by atoms with Crippen molar-refractivity contribution in [2.75, 3.05) is 0 Å². The lowest BCUT2D eigenvalue weighted by atomic mass is 10.0. The predicted molar refractivity (Wildman–Crippen MR) is 81.1 cm³/mol. The van der Waals surface area contributed by atoms with E-state index in [9.17, 15) is 4.79 Å².